The average molecular weight is 386 g/mol. The van der Waals surface area contributed by atoms with Gasteiger partial charge in [-0.2, -0.15) is 5.26 Å². The third-order valence-corrected chi connectivity index (χ3v) is 4.78. The molecule has 0 saturated carbocycles. The fraction of sp³-hybridized carbons (Fsp3) is 0.174. The molecule has 0 heterocycles. The smallest absolute Gasteiger partial charge is 0.241 e. The number of nitrogens with zero attached hydrogens (tertiary/aromatic N) is 2. The highest BCUT2D eigenvalue weighted by Crippen LogP contribution is 2.22. The topological polar surface area (TPSA) is 85.2 Å². The summed E-state index contributed by atoms with van der Waals surface area (Å²) in [6.45, 7) is 1.81. The maximum atomic E-state index is 12.5. The van der Waals surface area contributed by atoms with Crippen LogP contribution in [0.2, 0.25) is 0 Å². The third-order valence-electron chi connectivity index (χ3n) is 4.78. The predicted molar refractivity (Wildman–Crippen MR) is 114 cm³/mol. The fourth-order valence-electron chi connectivity index (χ4n) is 2.96. The summed E-state index contributed by atoms with van der Waals surface area (Å²) in [6.07, 6.45) is 0. The van der Waals surface area contributed by atoms with Crippen molar-refractivity contribution in [2.45, 2.75) is 13.0 Å². The lowest BCUT2D eigenvalue weighted by atomic mass is 10.1. The largest absolute Gasteiger partial charge is 0.325 e. The van der Waals surface area contributed by atoms with Crippen LogP contribution in [0.4, 0.5) is 11.4 Å². The summed E-state index contributed by atoms with van der Waals surface area (Å²) in [5.74, 6) is -0.419. The number of anilines is 2. The Kier molecular flexibility index (Phi) is 6.22. The van der Waals surface area contributed by atoms with Crippen LogP contribution in [0, 0.1) is 11.3 Å². The van der Waals surface area contributed by atoms with E-state index in [1.165, 1.54) is 0 Å². The molecule has 0 saturated heterocycles. The molecule has 0 fully saturated rings. The maximum Gasteiger partial charge on any atom is 0.241 e. The number of hydrogen-bond acceptors (Lipinski definition) is 4. The van der Waals surface area contributed by atoms with E-state index in [-0.39, 0.29) is 18.4 Å². The van der Waals surface area contributed by atoms with Gasteiger partial charge in [-0.25, -0.2) is 0 Å². The summed E-state index contributed by atoms with van der Waals surface area (Å²) in [7, 11) is 1.73. The van der Waals surface area contributed by atoms with E-state index in [0.717, 1.165) is 16.5 Å². The zero-order chi connectivity index (χ0) is 20.8. The Morgan fingerprint density at radius 1 is 1.00 bits per heavy atom. The van der Waals surface area contributed by atoms with Crippen LogP contribution >= 0.6 is 0 Å². The summed E-state index contributed by atoms with van der Waals surface area (Å²) in [5, 5.41) is 16.6. The molecule has 146 valence electrons. The first-order valence-corrected chi connectivity index (χ1v) is 9.27. The summed E-state index contributed by atoms with van der Waals surface area (Å²) in [6, 6.07) is 21.8. The quantitative estimate of drug-likeness (QED) is 0.678. The van der Waals surface area contributed by atoms with Crippen molar-refractivity contribution in [3.05, 3.63) is 72.3 Å². The van der Waals surface area contributed by atoms with Gasteiger partial charge in [-0.05, 0) is 49.7 Å². The van der Waals surface area contributed by atoms with Crippen LogP contribution in [-0.4, -0.2) is 36.3 Å². The van der Waals surface area contributed by atoms with Gasteiger partial charge >= 0.3 is 0 Å². The van der Waals surface area contributed by atoms with E-state index >= 15 is 0 Å². The molecule has 0 aliphatic heterocycles. The summed E-state index contributed by atoms with van der Waals surface area (Å²) in [5.41, 5.74) is 1.88. The lowest BCUT2D eigenvalue weighted by Crippen LogP contribution is -2.43. The zero-order valence-corrected chi connectivity index (χ0v) is 16.3. The highest BCUT2D eigenvalue weighted by Gasteiger charge is 2.20. The number of nitriles is 1. The maximum absolute atomic E-state index is 12.5. The SMILES string of the molecule is CC(C(=O)Nc1ccc(C#N)cc1)N(C)CC(=O)Nc1cccc2ccccc12. The van der Waals surface area contributed by atoms with Gasteiger partial charge in [0.25, 0.3) is 0 Å². The molecule has 2 N–H and O–H groups in total. The van der Waals surface area contributed by atoms with Crippen molar-refractivity contribution < 1.29 is 9.59 Å². The molecular formula is C23H22N4O2. The van der Waals surface area contributed by atoms with Crippen molar-refractivity contribution in [2.75, 3.05) is 24.2 Å². The minimum Gasteiger partial charge on any atom is -0.325 e. The molecule has 0 aromatic heterocycles. The van der Waals surface area contributed by atoms with Gasteiger partial charge in [0.2, 0.25) is 11.8 Å². The highest BCUT2D eigenvalue weighted by molar-refractivity contribution is 6.03. The Balaban J connectivity index is 1.59. The molecule has 3 rings (SSSR count). The van der Waals surface area contributed by atoms with Crippen molar-refractivity contribution >= 4 is 34.0 Å². The Labute approximate surface area is 169 Å². The molecular weight excluding hydrogens is 364 g/mol. The van der Waals surface area contributed by atoms with E-state index in [4.69, 9.17) is 5.26 Å². The van der Waals surface area contributed by atoms with E-state index in [1.54, 1.807) is 43.1 Å². The van der Waals surface area contributed by atoms with E-state index in [0.29, 0.717) is 11.3 Å². The number of amides is 2. The first-order valence-electron chi connectivity index (χ1n) is 9.27. The van der Waals surface area contributed by atoms with E-state index in [1.807, 2.05) is 48.5 Å². The van der Waals surface area contributed by atoms with Gasteiger partial charge in [0, 0.05) is 16.8 Å². The lowest BCUT2D eigenvalue weighted by Gasteiger charge is -2.23. The summed E-state index contributed by atoms with van der Waals surface area (Å²) < 4.78 is 0. The van der Waals surface area contributed by atoms with Gasteiger partial charge < -0.3 is 10.6 Å². The van der Waals surface area contributed by atoms with Crippen LogP contribution in [0.25, 0.3) is 10.8 Å². The second-order valence-corrected chi connectivity index (χ2v) is 6.84. The second-order valence-electron chi connectivity index (χ2n) is 6.84. The average Bonchev–Trinajstić information content (AvgIpc) is 2.73. The molecule has 3 aromatic carbocycles. The molecule has 6 heteroatoms. The molecule has 0 aliphatic rings. The summed E-state index contributed by atoms with van der Waals surface area (Å²) in [4.78, 5) is 26.7. The molecule has 3 aromatic rings. The van der Waals surface area contributed by atoms with Gasteiger partial charge in [-0.1, -0.05) is 36.4 Å². The lowest BCUT2D eigenvalue weighted by molar-refractivity contribution is -0.122. The standard InChI is InChI=1S/C23H22N4O2/c1-16(23(29)25-19-12-10-17(14-24)11-13-19)27(2)15-22(28)26-21-9-5-7-18-6-3-4-8-20(18)21/h3-13,16H,15H2,1-2H3,(H,25,29)(H,26,28). The number of carbonyl (C=O) groups excluding carboxylic acids is 2. The van der Waals surface area contributed by atoms with Crippen LogP contribution < -0.4 is 10.6 Å². The molecule has 0 radical (unpaired) electrons. The van der Waals surface area contributed by atoms with Crippen LogP contribution in [0.15, 0.2) is 66.7 Å². The van der Waals surface area contributed by atoms with Gasteiger partial charge in [0.05, 0.1) is 24.2 Å². The number of nitrogens with one attached hydrogen (secondary N) is 2. The Morgan fingerprint density at radius 3 is 2.41 bits per heavy atom. The van der Waals surface area contributed by atoms with Crippen molar-refractivity contribution in [3.8, 4) is 6.07 Å². The number of likely N-dealkylation sites (N-methyl/N-ethyl adjacent to an activating group) is 1. The third kappa shape index (κ3) is 4.98. The number of benzene rings is 3. The van der Waals surface area contributed by atoms with Gasteiger partial charge in [-0.15, -0.1) is 0 Å². The number of hydrogen-bond donors (Lipinski definition) is 2. The van der Waals surface area contributed by atoms with E-state index in [2.05, 4.69) is 10.6 Å². The van der Waals surface area contributed by atoms with Crippen LogP contribution in [0.1, 0.15) is 12.5 Å². The highest BCUT2D eigenvalue weighted by atomic mass is 16.2. The molecule has 0 aliphatic carbocycles. The number of carbonyl (C=O) groups is 2. The van der Waals surface area contributed by atoms with Gasteiger partial charge in [0.15, 0.2) is 0 Å². The minimum atomic E-state index is -0.510. The van der Waals surface area contributed by atoms with Crippen molar-refractivity contribution in [3.63, 3.8) is 0 Å². The normalized spacial score (nSPS) is 11.7. The van der Waals surface area contributed by atoms with Gasteiger partial charge in [0.1, 0.15) is 0 Å². The molecule has 29 heavy (non-hydrogen) atoms. The Bertz CT molecular complexity index is 1060. The van der Waals surface area contributed by atoms with Crippen LogP contribution in [0.3, 0.4) is 0 Å². The van der Waals surface area contributed by atoms with Gasteiger partial charge in [-0.3, -0.25) is 14.5 Å². The minimum absolute atomic E-state index is 0.0746. The predicted octanol–water partition coefficient (Wildman–Crippen LogP) is 3.61. The fourth-order valence-corrected chi connectivity index (χ4v) is 2.96. The Morgan fingerprint density at radius 2 is 1.69 bits per heavy atom. The first-order chi connectivity index (χ1) is 14.0. The Hall–Kier alpha value is -3.69. The van der Waals surface area contributed by atoms with Crippen LogP contribution in [0.5, 0.6) is 0 Å². The molecule has 1 unspecified atom stereocenters. The number of fused-ring (bicyclic) bond motifs is 1. The van der Waals surface area contributed by atoms with Crippen molar-refractivity contribution in [2.24, 2.45) is 0 Å². The molecule has 0 bridgehead atoms. The molecule has 0 spiro atoms. The first kappa shape index (κ1) is 20.1. The zero-order valence-electron chi connectivity index (χ0n) is 16.3. The van der Waals surface area contributed by atoms with Crippen molar-refractivity contribution in [1.82, 2.24) is 4.90 Å². The van der Waals surface area contributed by atoms with E-state index < -0.39 is 6.04 Å². The molecule has 1 atom stereocenters. The summed E-state index contributed by atoms with van der Waals surface area (Å²) >= 11 is 0. The molecule has 6 nitrogen and oxygen atoms in total. The monoisotopic (exact) mass is 386 g/mol. The van der Waals surface area contributed by atoms with E-state index in [9.17, 15) is 9.59 Å². The number of rotatable bonds is 6. The van der Waals surface area contributed by atoms with Crippen LogP contribution in [-0.2, 0) is 9.59 Å². The van der Waals surface area contributed by atoms with Crippen molar-refractivity contribution in [1.29, 1.82) is 5.26 Å². The second kappa shape index (κ2) is 9.00. The molecule has 2 amide bonds.